The summed E-state index contributed by atoms with van der Waals surface area (Å²) in [5.74, 6) is 1.37. The predicted octanol–water partition coefficient (Wildman–Crippen LogP) is 5.84. The lowest BCUT2D eigenvalue weighted by Crippen LogP contribution is -2.08. The summed E-state index contributed by atoms with van der Waals surface area (Å²) >= 11 is 0. The zero-order chi connectivity index (χ0) is 21.0. The second-order valence-corrected chi connectivity index (χ2v) is 7.34. The van der Waals surface area contributed by atoms with Gasteiger partial charge in [0, 0.05) is 17.2 Å². The van der Waals surface area contributed by atoms with Gasteiger partial charge in [-0.1, -0.05) is 78.9 Å². The summed E-state index contributed by atoms with van der Waals surface area (Å²) in [6, 6.07) is 33.4. The van der Waals surface area contributed by atoms with Crippen molar-refractivity contribution in [1.29, 1.82) is 0 Å². The van der Waals surface area contributed by atoms with Crippen LogP contribution in [0.2, 0.25) is 0 Å². The first-order chi connectivity index (χ1) is 15.2. The second kappa shape index (κ2) is 8.28. The number of aromatic nitrogens is 2. The number of benzene rings is 4. The summed E-state index contributed by atoms with van der Waals surface area (Å²) in [6.07, 6.45) is 0. The fourth-order valence-electron chi connectivity index (χ4n) is 3.55. The number of aromatic amines is 1. The van der Waals surface area contributed by atoms with Crippen LogP contribution in [0.5, 0.6) is 5.75 Å². The Morgan fingerprint density at radius 1 is 0.710 bits per heavy atom. The van der Waals surface area contributed by atoms with Crippen molar-refractivity contribution in [3.05, 3.63) is 119 Å². The fraction of sp³-hybridized carbons (Fsp3) is 0.0370. The minimum absolute atomic E-state index is 0.173. The molecule has 0 saturated heterocycles. The predicted molar refractivity (Wildman–Crippen MR) is 124 cm³/mol. The van der Waals surface area contributed by atoms with Gasteiger partial charge < -0.3 is 9.72 Å². The number of ether oxygens (including phenoxy) is 1. The molecule has 1 heterocycles. The highest BCUT2D eigenvalue weighted by molar-refractivity contribution is 5.87. The monoisotopic (exact) mass is 404 g/mol. The third kappa shape index (κ3) is 4.23. The molecule has 4 heteroatoms. The molecule has 0 aliphatic rings. The van der Waals surface area contributed by atoms with Crippen molar-refractivity contribution >= 4 is 10.8 Å². The number of rotatable bonds is 5. The first kappa shape index (κ1) is 18.8. The standard InChI is InChI=1S/C27H20N2O2/c30-26-17-25(20-9-5-2-6-10-20)28-27(29-26)23-12-11-22-16-24(14-13-21(22)15-23)31-18-19-7-3-1-4-8-19/h1-17H,18H2,(H,28,29,30). The van der Waals surface area contributed by atoms with Gasteiger partial charge in [0.2, 0.25) is 0 Å². The van der Waals surface area contributed by atoms with Gasteiger partial charge in [-0.25, -0.2) is 4.98 Å². The fourth-order valence-corrected chi connectivity index (χ4v) is 3.55. The van der Waals surface area contributed by atoms with Crippen molar-refractivity contribution in [2.24, 2.45) is 0 Å². The maximum absolute atomic E-state index is 12.2. The van der Waals surface area contributed by atoms with Gasteiger partial charge in [0.15, 0.2) is 0 Å². The molecular formula is C27H20N2O2. The summed E-state index contributed by atoms with van der Waals surface area (Å²) in [7, 11) is 0. The smallest absolute Gasteiger partial charge is 0.251 e. The zero-order valence-corrected chi connectivity index (χ0v) is 16.8. The summed E-state index contributed by atoms with van der Waals surface area (Å²) in [4.78, 5) is 19.8. The molecule has 0 spiro atoms. The van der Waals surface area contributed by atoms with E-state index in [4.69, 9.17) is 4.74 Å². The molecule has 5 aromatic rings. The Morgan fingerprint density at radius 2 is 1.42 bits per heavy atom. The van der Waals surface area contributed by atoms with Crippen molar-refractivity contribution < 1.29 is 4.74 Å². The van der Waals surface area contributed by atoms with Gasteiger partial charge in [-0.15, -0.1) is 0 Å². The Balaban J connectivity index is 1.44. The van der Waals surface area contributed by atoms with Crippen molar-refractivity contribution in [2.45, 2.75) is 6.61 Å². The molecule has 0 atom stereocenters. The topological polar surface area (TPSA) is 55.0 Å². The van der Waals surface area contributed by atoms with Crippen LogP contribution in [0.25, 0.3) is 33.4 Å². The molecule has 150 valence electrons. The van der Waals surface area contributed by atoms with Crippen molar-refractivity contribution in [1.82, 2.24) is 9.97 Å². The number of H-pyrrole nitrogens is 1. The molecule has 0 aliphatic carbocycles. The van der Waals surface area contributed by atoms with Crippen LogP contribution < -0.4 is 10.3 Å². The van der Waals surface area contributed by atoms with E-state index in [1.165, 1.54) is 6.07 Å². The van der Waals surface area contributed by atoms with Crippen molar-refractivity contribution in [2.75, 3.05) is 0 Å². The molecule has 0 radical (unpaired) electrons. The van der Waals surface area contributed by atoms with Crippen LogP contribution in [0.4, 0.5) is 0 Å². The molecule has 4 nitrogen and oxygen atoms in total. The SMILES string of the molecule is O=c1cc(-c2ccccc2)nc(-c2ccc3cc(OCc4ccccc4)ccc3c2)[nH]1. The van der Waals surface area contributed by atoms with E-state index in [0.717, 1.165) is 33.2 Å². The van der Waals surface area contributed by atoms with E-state index in [0.29, 0.717) is 18.1 Å². The molecule has 0 aliphatic heterocycles. The van der Waals surface area contributed by atoms with E-state index in [1.54, 1.807) is 0 Å². The molecule has 0 amide bonds. The van der Waals surface area contributed by atoms with Gasteiger partial charge in [-0.2, -0.15) is 0 Å². The van der Waals surface area contributed by atoms with E-state index in [9.17, 15) is 4.79 Å². The second-order valence-electron chi connectivity index (χ2n) is 7.34. The highest BCUT2D eigenvalue weighted by atomic mass is 16.5. The van der Waals surface area contributed by atoms with Gasteiger partial charge in [-0.3, -0.25) is 4.79 Å². The lowest BCUT2D eigenvalue weighted by atomic mass is 10.1. The Kier molecular flexibility index (Phi) is 5.03. The molecule has 4 aromatic carbocycles. The molecular weight excluding hydrogens is 384 g/mol. The van der Waals surface area contributed by atoms with Gasteiger partial charge in [0.1, 0.15) is 18.2 Å². The summed E-state index contributed by atoms with van der Waals surface area (Å²) in [5, 5.41) is 2.12. The van der Waals surface area contributed by atoms with E-state index >= 15 is 0 Å². The van der Waals surface area contributed by atoms with E-state index < -0.39 is 0 Å². The third-order valence-electron chi connectivity index (χ3n) is 5.14. The van der Waals surface area contributed by atoms with E-state index in [2.05, 4.69) is 9.97 Å². The van der Waals surface area contributed by atoms with Crippen molar-refractivity contribution in [3.63, 3.8) is 0 Å². The number of fused-ring (bicyclic) bond motifs is 1. The average Bonchev–Trinajstić information content (AvgIpc) is 2.83. The average molecular weight is 404 g/mol. The number of nitrogens with one attached hydrogen (secondary N) is 1. The maximum Gasteiger partial charge on any atom is 0.251 e. The lowest BCUT2D eigenvalue weighted by Gasteiger charge is -2.09. The maximum atomic E-state index is 12.2. The largest absolute Gasteiger partial charge is 0.489 e. The highest BCUT2D eigenvalue weighted by Crippen LogP contribution is 2.26. The Morgan fingerprint density at radius 3 is 2.23 bits per heavy atom. The molecule has 0 bridgehead atoms. The quantitative estimate of drug-likeness (QED) is 0.401. The number of nitrogens with zero attached hydrogens (tertiary/aromatic N) is 1. The zero-order valence-electron chi connectivity index (χ0n) is 16.8. The summed E-state index contributed by atoms with van der Waals surface area (Å²) < 4.78 is 5.94. The molecule has 31 heavy (non-hydrogen) atoms. The molecule has 0 unspecified atom stereocenters. The summed E-state index contributed by atoms with van der Waals surface area (Å²) in [6.45, 7) is 0.530. The van der Waals surface area contributed by atoms with Gasteiger partial charge in [0.05, 0.1) is 5.69 Å². The number of hydrogen-bond donors (Lipinski definition) is 1. The normalized spacial score (nSPS) is 10.8. The van der Waals surface area contributed by atoms with Crippen LogP contribution in [0.1, 0.15) is 5.56 Å². The van der Waals surface area contributed by atoms with Crippen LogP contribution in [0, 0.1) is 0 Å². The highest BCUT2D eigenvalue weighted by Gasteiger charge is 2.08. The van der Waals surface area contributed by atoms with Crippen LogP contribution in [-0.2, 0) is 6.61 Å². The van der Waals surface area contributed by atoms with Gasteiger partial charge >= 0.3 is 0 Å². The third-order valence-corrected chi connectivity index (χ3v) is 5.14. The Bertz CT molecular complexity index is 1390. The minimum Gasteiger partial charge on any atom is -0.489 e. The molecule has 1 N–H and O–H groups in total. The first-order valence-electron chi connectivity index (χ1n) is 10.1. The Labute approximate surface area is 179 Å². The van der Waals surface area contributed by atoms with E-state index in [1.807, 2.05) is 97.1 Å². The lowest BCUT2D eigenvalue weighted by molar-refractivity contribution is 0.306. The van der Waals surface area contributed by atoms with Crippen LogP contribution in [0.3, 0.4) is 0 Å². The van der Waals surface area contributed by atoms with Crippen LogP contribution in [0.15, 0.2) is 108 Å². The molecule has 5 rings (SSSR count). The molecule has 1 aromatic heterocycles. The first-order valence-corrected chi connectivity index (χ1v) is 10.1. The molecule has 0 saturated carbocycles. The minimum atomic E-state index is -0.173. The van der Waals surface area contributed by atoms with E-state index in [-0.39, 0.29) is 5.56 Å². The summed E-state index contributed by atoms with van der Waals surface area (Å²) in [5.41, 5.74) is 3.39. The van der Waals surface area contributed by atoms with Crippen LogP contribution in [-0.4, -0.2) is 9.97 Å². The van der Waals surface area contributed by atoms with Crippen molar-refractivity contribution in [3.8, 4) is 28.4 Å². The number of hydrogen-bond acceptors (Lipinski definition) is 3. The van der Waals surface area contributed by atoms with Crippen LogP contribution >= 0.6 is 0 Å². The van der Waals surface area contributed by atoms with Gasteiger partial charge in [-0.05, 0) is 34.5 Å². The Hall–Kier alpha value is -4.18. The molecule has 0 fully saturated rings. The van der Waals surface area contributed by atoms with Gasteiger partial charge in [0.25, 0.3) is 5.56 Å².